The number of likely N-dealkylation sites (N-methyl/N-ethyl adjacent to an activating group) is 1. The van der Waals surface area contributed by atoms with Gasteiger partial charge in [0.25, 0.3) is 15.9 Å². The monoisotopic (exact) mass is 380 g/mol. The van der Waals surface area contributed by atoms with Crippen LogP contribution in [0.1, 0.15) is 23.2 Å². The van der Waals surface area contributed by atoms with Gasteiger partial charge in [0.15, 0.2) is 5.17 Å². The normalized spacial score (nSPS) is 20.9. The molecule has 134 valence electrons. The molecule has 2 aliphatic heterocycles. The molecule has 0 saturated heterocycles. The van der Waals surface area contributed by atoms with Gasteiger partial charge in [0.1, 0.15) is 0 Å². The minimum absolute atomic E-state index is 0.0211. The van der Waals surface area contributed by atoms with Crippen molar-refractivity contribution in [3.63, 3.8) is 0 Å². The number of amidine groups is 1. The summed E-state index contributed by atoms with van der Waals surface area (Å²) in [6.07, 6.45) is 2.51. The van der Waals surface area contributed by atoms with E-state index >= 15 is 0 Å². The second kappa shape index (κ2) is 6.30. The average Bonchev–Trinajstić information content (AvgIpc) is 3.35. The van der Waals surface area contributed by atoms with Crippen LogP contribution in [0.25, 0.3) is 0 Å². The summed E-state index contributed by atoms with van der Waals surface area (Å²) >= 11 is 1.30. The Bertz CT molecular complexity index is 849. The number of anilines is 1. The zero-order valence-corrected chi connectivity index (χ0v) is 15.6. The average molecular weight is 380 g/mol. The lowest BCUT2D eigenvalue weighted by Crippen LogP contribution is -2.35. The first-order valence-corrected chi connectivity index (χ1v) is 10.8. The van der Waals surface area contributed by atoms with Crippen molar-refractivity contribution < 1.29 is 13.2 Å². The summed E-state index contributed by atoms with van der Waals surface area (Å²) in [5.41, 5.74) is 1.51. The summed E-state index contributed by atoms with van der Waals surface area (Å²) in [5.74, 6) is -0.0835. The Morgan fingerprint density at radius 2 is 2.24 bits per heavy atom. The van der Waals surface area contributed by atoms with E-state index in [9.17, 15) is 13.2 Å². The minimum Gasteiger partial charge on any atom is -0.351 e. The van der Waals surface area contributed by atoms with Crippen molar-refractivity contribution in [3.8, 4) is 0 Å². The van der Waals surface area contributed by atoms with Gasteiger partial charge in [0.05, 0.1) is 11.4 Å². The smallest absolute Gasteiger partial charge is 0.257 e. The van der Waals surface area contributed by atoms with Crippen LogP contribution in [0.3, 0.4) is 0 Å². The number of hydrogen-bond acceptors (Lipinski definition) is 6. The Labute approximate surface area is 151 Å². The molecule has 0 bridgehead atoms. The SMILES string of the molecule is CN(CCNC(=O)c1ccc2c(c1)SC1=NS(=O)(=O)CCN12)C1CC1. The van der Waals surface area contributed by atoms with E-state index in [-0.39, 0.29) is 11.7 Å². The van der Waals surface area contributed by atoms with E-state index in [2.05, 4.69) is 21.7 Å². The molecule has 4 rings (SSSR count). The number of rotatable bonds is 5. The molecule has 1 saturated carbocycles. The van der Waals surface area contributed by atoms with Crippen LogP contribution in [-0.2, 0) is 10.0 Å². The number of carbonyl (C=O) groups excluding carboxylic acids is 1. The van der Waals surface area contributed by atoms with E-state index < -0.39 is 10.0 Å². The number of thioether (sulfide) groups is 1. The lowest BCUT2D eigenvalue weighted by molar-refractivity contribution is 0.0949. The van der Waals surface area contributed by atoms with Crippen LogP contribution < -0.4 is 10.2 Å². The number of carbonyl (C=O) groups is 1. The second-order valence-corrected chi connectivity index (χ2v) is 9.33. The summed E-state index contributed by atoms with van der Waals surface area (Å²) in [7, 11) is -1.28. The molecule has 1 amide bonds. The van der Waals surface area contributed by atoms with Gasteiger partial charge in [-0.05, 0) is 49.9 Å². The van der Waals surface area contributed by atoms with Gasteiger partial charge >= 0.3 is 0 Å². The molecule has 1 aromatic rings. The first-order chi connectivity index (χ1) is 11.9. The molecule has 25 heavy (non-hydrogen) atoms. The fourth-order valence-corrected chi connectivity index (χ4v) is 5.31. The highest BCUT2D eigenvalue weighted by molar-refractivity contribution is 8.15. The van der Waals surface area contributed by atoms with Crippen LogP contribution in [0.2, 0.25) is 0 Å². The number of hydrogen-bond donors (Lipinski definition) is 1. The van der Waals surface area contributed by atoms with E-state index in [0.717, 1.165) is 17.1 Å². The quantitative estimate of drug-likeness (QED) is 0.824. The second-order valence-electron chi connectivity index (χ2n) is 6.56. The van der Waals surface area contributed by atoms with E-state index in [1.54, 1.807) is 6.07 Å². The molecule has 1 aromatic carbocycles. The molecule has 0 aromatic heterocycles. The van der Waals surface area contributed by atoms with Gasteiger partial charge in [-0.3, -0.25) is 4.79 Å². The third-order valence-electron chi connectivity index (χ3n) is 4.66. The Morgan fingerprint density at radius 3 is 3.00 bits per heavy atom. The largest absolute Gasteiger partial charge is 0.351 e. The minimum atomic E-state index is -3.36. The first-order valence-electron chi connectivity index (χ1n) is 8.33. The Morgan fingerprint density at radius 1 is 1.44 bits per heavy atom. The van der Waals surface area contributed by atoms with E-state index in [0.29, 0.717) is 29.9 Å². The highest BCUT2D eigenvalue weighted by atomic mass is 32.2. The Kier molecular flexibility index (Phi) is 4.25. The van der Waals surface area contributed by atoms with Crippen molar-refractivity contribution in [2.24, 2.45) is 4.40 Å². The van der Waals surface area contributed by atoms with Crippen molar-refractivity contribution in [3.05, 3.63) is 23.8 Å². The molecule has 1 fully saturated rings. The van der Waals surface area contributed by atoms with Gasteiger partial charge in [-0.2, -0.15) is 0 Å². The van der Waals surface area contributed by atoms with E-state index in [1.807, 2.05) is 17.0 Å². The molecule has 1 aliphatic carbocycles. The van der Waals surface area contributed by atoms with Gasteiger partial charge in [-0.15, -0.1) is 4.40 Å². The third-order valence-corrected chi connectivity index (χ3v) is 6.96. The van der Waals surface area contributed by atoms with Crippen molar-refractivity contribution in [2.75, 3.05) is 37.3 Å². The summed E-state index contributed by atoms with van der Waals surface area (Å²) in [5, 5.41) is 3.43. The molecule has 3 aliphatic rings. The fraction of sp³-hybridized carbons (Fsp3) is 0.500. The lowest BCUT2D eigenvalue weighted by atomic mass is 10.2. The van der Waals surface area contributed by atoms with Crippen LogP contribution in [-0.4, -0.2) is 62.9 Å². The molecule has 0 radical (unpaired) electrons. The number of fused-ring (bicyclic) bond motifs is 3. The predicted molar refractivity (Wildman–Crippen MR) is 98.9 cm³/mol. The van der Waals surface area contributed by atoms with Gasteiger partial charge < -0.3 is 15.1 Å². The molecule has 1 N–H and O–H groups in total. The van der Waals surface area contributed by atoms with E-state index in [4.69, 9.17) is 0 Å². The third kappa shape index (κ3) is 3.54. The highest BCUT2D eigenvalue weighted by Crippen LogP contribution is 2.42. The zero-order chi connectivity index (χ0) is 17.6. The van der Waals surface area contributed by atoms with Crippen LogP contribution in [0, 0.1) is 0 Å². The molecular weight excluding hydrogens is 360 g/mol. The maximum absolute atomic E-state index is 12.4. The summed E-state index contributed by atoms with van der Waals surface area (Å²) < 4.78 is 27.1. The molecule has 0 unspecified atom stereocenters. The topological polar surface area (TPSA) is 82.1 Å². The molecule has 0 spiro atoms. The maximum Gasteiger partial charge on any atom is 0.257 e. The van der Waals surface area contributed by atoms with E-state index in [1.165, 1.54) is 24.6 Å². The van der Waals surface area contributed by atoms with Crippen molar-refractivity contribution in [1.29, 1.82) is 0 Å². The molecule has 7 nitrogen and oxygen atoms in total. The van der Waals surface area contributed by atoms with Gasteiger partial charge in [-0.25, -0.2) is 8.42 Å². The Balaban J connectivity index is 1.43. The number of nitrogens with zero attached hydrogens (tertiary/aromatic N) is 3. The van der Waals surface area contributed by atoms with Gasteiger partial charge in [-0.1, -0.05) is 0 Å². The highest BCUT2D eigenvalue weighted by Gasteiger charge is 2.33. The van der Waals surface area contributed by atoms with Crippen molar-refractivity contribution >= 4 is 38.5 Å². The summed E-state index contributed by atoms with van der Waals surface area (Å²) in [6.45, 7) is 1.87. The molecular formula is C16H20N4O3S2. The first kappa shape index (κ1) is 16.9. The van der Waals surface area contributed by atoms with Gasteiger partial charge in [0, 0.05) is 36.1 Å². The van der Waals surface area contributed by atoms with Crippen LogP contribution in [0.4, 0.5) is 5.69 Å². The van der Waals surface area contributed by atoms with Crippen molar-refractivity contribution in [1.82, 2.24) is 10.2 Å². The van der Waals surface area contributed by atoms with Crippen LogP contribution in [0.15, 0.2) is 27.5 Å². The fourth-order valence-electron chi connectivity index (χ4n) is 3.02. The number of benzene rings is 1. The maximum atomic E-state index is 12.4. The van der Waals surface area contributed by atoms with Crippen LogP contribution in [0.5, 0.6) is 0 Å². The summed E-state index contributed by atoms with van der Waals surface area (Å²) in [6, 6.07) is 6.15. The molecule has 0 atom stereocenters. The van der Waals surface area contributed by atoms with Gasteiger partial charge in [0.2, 0.25) is 0 Å². The summed E-state index contributed by atoms with van der Waals surface area (Å²) in [4.78, 5) is 17.4. The molecule has 2 heterocycles. The number of nitrogens with one attached hydrogen (secondary N) is 1. The zero-order valence-electron chi connectivity index (χ0n) is 13.9. The molecule has 9 heteroatoms. The number of amides is 1. The van der Waals surface area contributed by atoms with Crippen molar-refractivity contribution in [2.45, 2.75) is 23.8 Å². The lowest BCUT2D eigenvalue weighted by Gasteiger charge is -2.22. The standard InChI is InChI=1S/C16H20N4O3S2/c1-19(12-3-4-12)7-6-17-15(21)11-2-5-13-14(10-11)24-16-18-25(22,23)9-8-20(13)16/h2,5,10,12H,3-4,6-9H2,1H3,(H,17,21). The Hall–Kier alpha value is -1.58. The number of sulfonamides is 1. The van der Waals surface area contributed by atoms with Crippen LogP contribution >= 0.6 is 11.8 Å². The predicted octanol–water partition coefficient (Wildman–Crippen LogP) is 1.12.